The highest BCUT2D eigenvalue weighted by Gasteiger charge is 2.55. The summed E-state index contributed by atoms with van der Waals surface area (Å²) < 4.78 is 0. The molecule has 150 valence electrons. The van der Waals surface area contributed by atoms with Gasteiger partial charge in [0.2, 0.25) is 5.91 Å². The molecule has 3 heterocycles. The Kier molecular flexibility index (Phi) is 4.95. The van der Waals surface area contributed by atoms with E-state index >= 15 is 0 Å². The highest BCUT2D eigenvalue weighted by Crippen LogP contribution is 2.38. The fourth-order valence-electron chi connectivity index (χ4n) is 4.68. The van der Waals surface area contributed by atoms with E-state index in [4.69, 9.17) is 0 Å². The van der Waals surface area contributed by atoms with E-state index in [1.807, 2.05) is 31.5 Å². The van der Waals surface area contributed by atoms with E-state index in [2.05, 4.69) is 15.2 Å². The maximum absolute atomic E-state index is 13.0. The van der Waals surface area contributed by atoms with Crippen LogP contribution in [-0.4, -0.2) is 65.9 Å². The molecule has 0 bridgehead atoms. The standard InChI is InChI=1S/C20H27N5O3/c1-15-4-2-3-7-20(15)18(27)25(19(28)22-20)14-17(26)24-12-10-23(11-13-24)16-5-8-21-9-6-16/h5-6,8-9,15H,2-4,7,10-14H2,1H3,(H,22,28)/p+1/t15-,20+/m1/s1. The first-order chi connectivity index (χ1) is 13.5. The number of aromatic nitrogens is 1. The van der Waals surface area contributed by atoms with Gasteiger partial charge >= 0.3 is 6.03 Å². The highest BCUT2D eigenvalue weighted by atomic mass is 16.2. The Morgan fingerprint density at radius 1 is 1.18 bits per heavy atom. The van der Waals surface area contributed by atoms with Crippen LogP contribution in [0.3, 0.4) is 0 Å². The Labute approximate surface area is 164 Å². The molecular weight excluding hydrogens is 358 g/mol. The van der Waals surface area contributed by atoms with Crippen molar-refractivity contribution < 1.29 is 19.4 Å². The van der Waals surface area contributed by atoms with Crippen molar-refractivity contribution in [2.45, 2.75) is 38.1 Å². The lowest BCUT2D eigenvalue weighted by Gasteiger charge is -2.37. The van der Waals surface area contributed by atoms with E-state index in [0.717, 1.165) is 42.9 Å². The van der Waals surface area contributed by atoms with Gasteiger partial charge < -0.3 is 15.1 Å². The average Bonchev–Trinajstić information content (AvgIpc) is 2.96. The molecule has 1 aromatic heterocycles. The molecule has 2 atom stereocenters. The van der Waals surface area contributed by atoms with Gasteiger partial charge in [0, 0.05) is 44.0 Å². The minimum atomic E-state index is -0.807. The van der Waals surface area contributed by atoms with Crippen LogP contribution in [0.15, 0.2) is 24.5 Å². The Hall–Kier alpha value is -2.64. The number of nitrogens with zero attached hydrogens (tertiary/aromatic N) is 3. The smallest absolute Gasteiger partial charge is 0.325 e. The first kappa shape index (κ1) is 18.7. The number of nitrogens with one attached hydrogen (secondary N) is 2. The predicted molar refractivity (Wildman–Crippen MR) is 102 cm³/mol. The summed E-state index contributed by atoms with van der Waals surface area (Å²) in [5, 5.41) is 2.91. The molecule has 0 radical (unpaired) electrons. The molecule has 1 aliphatic carbocycles. The van der Waals surface area contributed by atoms with Gasteiger partial charge in [0.15, 0.2) is 12.4 Å². The van der Waals surface area contributed by atoms with Crippen LogP contribution in [0.5, 0.6) is 0 Å². The van der Waals surface area contributed by atoms with E-state index in [1.165, 1.54) is 0 Å². The summed E-state index contributed by atoms with van der Waals surface area (Å²) in [6.45, 7) is 4.49. The summed E-state index contributed by atoms with van der Waals surface area (Å²) >= 11 is 0. The molecule has 28 heavy (non-hydrogen) atoms. The molecule has 2 saturated heterocycles. The van der Waals surface area contributed by atoms with Gasteiger partial charge in [-0.25, -0.2) is 9.78 Å². The lowest BCUT2D eigenvalue weighted by atomic mass is 9.73. The minimum absolute atomic E-state index is 0.101. The summed E-state index contributed by atoms with van der Waals surface area (Å²) in [5.74, 6) is -0.285. The quantitative estimate of drug-likeness (QED) is 0.773. The molecular formula is C20H28N5O3+. The largest absolute Gasteiger partial charge is 0.368 e. The Morgan fingerprint density at radius 2 is 1.89 bits per heavy atom. The van der Waals surface area contributed by atoms with E-state index in [-0.39, 0.29) is 24.3 Å². The topological polar surface area (TPSA) is 87.1 Å². The number of urea groups is 1. The number of anilines is 1. The van der Waals surface area contributed by atoms with Gasteiger partial charge in [-0.1, -0.05) is 19.8 Å². The second-order valence-corrected chi connectivity index (χ2v) is 8.07. The number of carbonyl (C=O) groups excluding carboxylic acids is 3. The first-order valence-electron chi connectivity index (χ1n) is 10.1. The second kappa shape index (κ2) is 7.41. The van der Waals surface area contributed by atoms with Crippen LogP contribution >= 0.6 is 0 Å². The second-order valence-electron chi connectivity index (χ2n) is 8.07. The van der Waals surface area contributed by atoms with Gasteiger partial charge in [-0.2, -0.15) is 0 Å². The van der Waals surface area contributed by atoms with Crippen LogP contribution in [0.2, 0.25) is 0 Å². The maximum Gasteiger partial charge on any atom is 0.325 e. The van der Waals surface area contributed by atoms with E-state index < -0.39 is 11.6 Å². The van der Waals surface area contributed by atoms with Gasteiger partial charge in [0.05, 0.1) is 0 Å². The van der Waals surface area contributed by atoms with Crippen LogP contribution in [0.25, 0.3) is 0 Å². The number of piperazine rings is 1. The third kappa shape index (κ3) is 3.21. The summed E-state index contributed by atoms with van der Waals surface area (Å²) in [5.41, 5.74) is 0.312. The maximum atomic E-state index is 13.0. The van der Waals surface area contributed by atoms with Crippen molar-refractivity contribution >= 4 is 23.5 Å². The van der Waals surface area contributed by atoms with Crippen LogP contribution in [0.4, 0.5) is 10.5 Å². The highest BCUT2D eigenvalue weighted by molar-refractivity contribution is 6.09. The number of hydrogen-bond donors (Lipinski definition) is 1. The van der Waals surface area contributed by atoms with Crippen LogP contribution in [0, 0.1) is 5.92 Å². The zero-order valence-electron chi connectivity index (χ0n) is 16.3. The summed E-state index contributed by atoms with van der Waals surface area (Å²) in [7, 11) is 0. The summed E-state index contributed by atoms with van der Waals surface area (Å²) in [6.07, 6.45) is 7.36. The zero-order valence-corrected chi connectivity index (χ0v) is 16.3. The fourth-order valence-corrected chi connectivity index (χ4v) is 4.68. The predicted octanol–water partition coefficient (Wildman–Crippen LogP) is 0.650. The monoisotopic (exact) mass is 386 g/mol. The van der Waals surface area contributed by atoms with Crippen molar-refractivity contribution in [1.82, 2.24) is 15.1 Å². The van der Waals surface area contributed by atoms with Crippen molar-refractivity contribution in [2.75, 3.05) is 37.6 Å². The molecule has 4 amide bonds. The average molecular weight is 386 g/mol. The molecule has 1 spiro atoms. The Balaban J connectivity index is 1.36. The number of rotatable bonds is 3. The van der Waals surface area contributed by atoms with E-state index in [0.29, 0.717) is 19.5 Å². The fraction of sp³-hybridized carbons (Fsp3) is 0.600. The molecule has 8 nitrogen and oxygen atoms in total. The van der Waals surface area contributed by atoms with Crippen molar-refractivity contribution in [1.29, 1.82) is 0 Å². The number of imide groups is 1. The van der Waals surface area contributed by atoms with E-state index in [1.54, 1.807) is 4.90 Å². The molecule has 3 aliphatic rings. The Morgan fingerprint density at radius 3 is 2.57 bits per heavy atom. The molecule has 2 N–H and O–H groups in total. The van der Waals surface area contributed by atoms with Gasteiger partial charge in [-0.15, -0.1) is 0 Å². The molecule has 4 rings (SSSR count). The van der Waals surface area contributed by atoms with Crippen LogP contribution in [-0.2, 0) is 9.59 Å². The molecule has 1 aromatic rings. The zero-order chi connectivity index (χ0) is 19.7. The van der Waals surface area contributed by atoms with Gasteiger partial charge in [-0.3, -0.25) is 14.5 Å². The van der Waals surface area contributed by atoms with Crippen LogP contribution in [0.1, 0.15) is 32.6 Å². The van der Waals surface area contributed by atoms with Crippen molar-refractivity contribution in [3.8, 4) is 0 Å². The van der Waals surface area contributed by atoms with Gasteiger partial charge in [-0.05, 0) is 18.8 Å². The molecule has 8 heteroatoms. The number of pyridine rings is 1. The molecule has 2 aliphatic heterocycles. The lowest BCUT2D eigenvalue weighted by molar-refractivity contribution is -0.377. The third-order valence-corrected chi connectivity index (χ3v) is 6.49. The SMILES string of the molecule is C[C@@H]1CCCC[C@]12NC(=O)N(CC(=O)N1CCN(c3cc[nH+]cc3)CC1)C2=O. The van der Waals surface area contributed by atoms with Gasteiger partial charge in [0.25, 0.3) is 5.91 Å². The molecule has 3 fully saturated rings. The normalized spacial score (nSPS) is 28.0. The number of aromatic amines is 1. The van der Waals surface area contributed by atoms with Gasteiger partial charge in [0.1, 0.15) is 12.1 Å². The van der Waals surface area contributed by atoms with Crippen molar-refractivity contribution in [2.24, 2.45) is 5.92 Å². The number of H-pyrrole nitrogens is 1. The third-order valence-electron chi connectivity index (χ3n) is 6.49. The minimum Gasteiger partial charge on any atom is -0.368 e. The molecule has 0 aromatic carbocycles. The Bertz CT molecular complexity index is 762. The number of carbonyl (C=O) groups is 3. The number of hydrogen-bond acceptors (Lipinski definition) is 4. The summed E-state index contributed by atoms with van der Waals surface area (Å²) in [4.78, 5) is 46.4. The molecule has 0 unspecified atom stereocenters. The molecule has 1 saturated carbocycles. The van der Waals surface area contributed by atoms with E-state index in [9.17, 15) is 14.4 Å². The summed E-state index contributed by atoms with van der Waals surface area (Å²) in [6, 6.07) is 3.59. The van der Waals surface area contributed by atoms with Crippen LogP contribution < -0.4 is 15.2 Å². The van der Waals surface area contributed by atoms with Crippen molar-refractivity contribution in [3.05, 3.63) is 24.5 Å². The van der Waals surface area contributed by atoms with Crippen molar-refractivity contribution in [3.63, 3.8) is 0 Å². The lowest BCUT2D eigenvalue weighted by Crippen LogP contribution is -2.55. The first-order valence-corrected chi connectivity index (χ1v) is 10.1. The number of amides is 4.